The molecule has 3 amide bonds. The van der Waals surface area contributed by atoms with Crippen molar-refractivity contribution in [2.45, 2.75) is 13.8 Å². The summed E-state index contributed by atoms with van der Waals surface area (Å²) < 4.78 is 0. The number of hydrogen-bond acceptors (Lipinski definition) is 4. The van der Waals surface area contributed by atoms with Crippen LogP contribution < -0.4 is 10.2 Å². The lowest BCUT2D eigenvalue weighted by molar-refractivity contribution is -0.136. The molecule has 2 aromatic rings. The molecule has 0 radical (unpaired) electrons. The number of benzene rings is 2. The van der Waals surface area contributed by atoms with Gasteiger partial charge in [0.1, 0.15) is 5.70 Å². The molecule has 1 N–H and O–H groups in total. The molecule has 0 aromatic heterocycles. The second-order valence-electron chi connectivity index (χ2n) is 6.23. The first kappa shape index (κ1) is 18.4. The van der Waals surface area contributed by atoms with Gasteiger partial charge in [-0.25, -0.2) is 0 Å². The molecule has 0 saturated heterocycles. The highest BCUT2D eigenvalue weighted by molar-refractivity contribution is 6.36. The maximum Gasteiger partial charge on any atom is 0.278 e. The smallest absolute Gasteiger partial charge is 0.278 e. The van der Waals surface area contributed by atoms with Crippen LogP contribution in [0, 0.1) is 0 Å². The number of para-hydroxylation sites is 1. The summed E-state index contributed by atoms with van der Waals surface area (Å²) in [5, 5.41) is 2.69. The van der Waals surface area contributed by atoms with Gasteiger partial charge in [-0.3, -0.25) is 19.3 Å². The van der Waals surface area contributed by atoms with E-state index in [1.54, 1.807) is 43.1 Å². The number of carbonyl (C=O) groups excluding carboxylic acids is 3. The van der Waals surface area contributed by atoms with Crippen molar-refractivity contribution in [1.29, 1.82) is 0 Å². The summed E-state index contributed by atoms with van der Waals surface area (Å²) in [5.41, 5.74) is 2.80. The van der Waals surface area contributed by atoms with Gasteiger partial charge in [-0.2, -0.15) is 0 Å². The molecule has 2 aromatic carbocycles. The van der Waals surface area contributed by atoms with E-state index in [4.69, 9.17) is 0 Å². The molecule has 1 heterocycles. The van der Waals surface area contributed by atoms with Gasteiger partial charge in [-0.1, -0.05) is 30.3 Å². The third-order valence-electron chi connectivity index (χ3n) is 4.43. The summed E-state index contributed by atoms with van der Waals surface area (Å²) in [6, 6.07) is 16.3. The number of nitrogens with one attached hydrogen (secondary N) is 1. The molecule has 6 heteroatoms. The molecule has 27 heavy (non-hydrogen) atoms. The fraction of sp³-hybridized carbons (Fsp3) is 0.190. The number of imide groups is 1. The average molecular weight is 363 g/mol. The van der Waals surface area contributed by atoms with E-state index in [1.165, 1.54) is 11.8 Å². The average Bonchev–Trinajstić information content (AvgIpc) is 2.92. The predicted octanol–water partition coefficient (Wildman–Crippen LogP) is 2.88. The Morgan fingerprint density at radius 2 is 1.63 bits per heavy atom. The van der Waals surface area contributed by atoms with Crippen LogP contribution in [0.25, 0.3) is 5.57 Å². The monoisotopic (exact) mass is 363 g/mol. The molecule has 0 aliphatic carbocycles. The Kier molecular flexibility index (Phi) is 5.07. The van der Waals surface area contributed by atoms with Gasteiger partial charge in [0.2, 0.25) is 5.91 Å². The highest BCUT2D eigenvalue weighted by Crippen LogP contribution is 2.33. The van der Waals surface area contributed by atoms with Gasteiger partial charge >= 0.3 is 0 Å². The van der Waals surface area contributed by atoms with Crippen molar-refractivity contribution in [3.05, 3.63) is 65.9 Å². The molecule has 0 fully saturated rings. The molecule has 1 aliphatic rings. The zero-order valence-electron chi connectivity index (χ0n) is 15.5. The molecular weight excluding hydrogens is 342 g/mol. The first-order valence-corrected chi connectivity index (χ1v) is 8.71. The highest BCUT2D eigenvalue weighted by atomic mass is 16.2. The van der Waals surface area contributed by atoms with Crippen LogP contribution in [0.15, 0.2) is 60.3 Å². The molecule has 0 atom stereocenters. The second kappa shape index (κ2) is 7.45. The van der Waals surface area contributed by atoms with Gasteiger partial charge in [0.25, 0.3) is 11.8 Å². The summed E-state index contributed by atoms with van der Waals surface area (Å²) in [6.45, 7) is 3.51. The SMILES string of the molecule is CCN1C(=O)C(c2ccc(NC(C)=O)cc2)=C(N(C)c2ccccc2)C1=O. The molecule has 0 saturated carbocycles. The fourth-order valence-corrected chi connectivity index (χ4v) is 3.13. The number of amides is 3. The van der Waals surface area contributed by atoms with Crippen LogP contribution in [0.2, 0.25) is 0 Å². The van der Waals surface area contributed by atoms with E-state index in [-0.39, 0.29) is 17.7 Å². The number of anilines is 2. The lowest BCUT2D eigenvalue weighted by Gasteiger charge is -2.21. The summed E-state index contributed by atoms with van der Waals surface area (Å²) in [6.07, 6.45) is 0. The largest absolute Gasteiger partial charge is 0.339 e. The molecule has 6 nitrogen and oxygen atoms in total. The van der Waals surface area contributed by atoms with Crippen molar-refractivity contribution in [3.8, 4) is 0 Å². The highest BCUT2D eigenvalue weighted by Gasteiger charge is 2.40. The minimum atomic E-state index is -0.312. The van der Waals surface area contributed by atoms with Crippen LogP contribution in [0.3, 0.4) is 0 Å². The standard InChI is InChI=1S/C21H21N3O3/c1-4-24-20(26)18(15-10-12-16(13-11-15)22-14(2)25)19(21(24)27)23(3)17-8-6-5-7-9-17/h5-13H,4H2,1-3H3,(H,22,25). The van der Waals surface area contributed by atoms with Gasteiger partial charge in [0.15, 0.2) is 0 Å². The summed E-state index contributed by atoms with van der Waals surface area (Å²) >= 11 is 0. The van der Waals surface area contributed by atoms with Crippen LogP contribution in [-0.4, -0.2) is 36.2 Å². The number of likely N-dealkylation sites (N-methyl/N-ethyl adjacent to an activating group) is 2. The Bertz CT molecular complexity index is 917. The number of carbonyl (C=O) groups is 3. The Labute approximate surface area is 158 Å². The van der Waals surface area contributed by atoms with Crippen LogP contribution in [0.4, 0.5) is 11.4 Å². The van der Waals surface area contributed by atoms with E-state index in [2.05, 4.69) is 5.32 Å². The van der Waals surface area contributed by atoms with Crippen LogP contribution in [-0.2, 0) is 14.4 Å². The minimum absolute atomic E-state index is 0.171. The van der Waals surface area contributed by atoms with Crippen LogP contribution in [0.1, 0.15) is 19.4 Å². The maximum atomic E-state index is 12.9. The van der Waals surface area contributed by atoms with E-state index in [0.717, 1.165) is 5.69 Å². The van der Waals surface area contributed by atoms with Crippen LogP contribution >= 0.6 is 0 Å². The topological polar surface area (TPSA) is 69.7 Å². The molecule has 0 bridgehead atoms. The molecule has 1 aliphatic heterocycles. The molecule has 0 unspecified atom stereocenters. The number of nitrogens with zero attached hydrogens (tertiary/aromatic N) is 2. The van der Waals surface area contributed by atoms with Crippen molar-refractivity contribution in [3.63, 3.8) is 0 Å². The van der Waals surface area contributed by atoms with E-state index >= 15 is 0 Å². The lowest BCUT2D eigenvalue weighted by atomic mass is 10.0. The molecular formula is C21H21N3O3. The maximum absolute atomic E-state index is 12.9. The molecule has 0 spiro atoms. The number of hydrogen-bond donors (Lipinski definition) is 1. The summed E-state index contributed by atoms with van der Waals surface area (Å²) in [7, 11) is 1.78. The van der Waals surface area contributed by atoms with E-state index in [0.29, 0.717) is 29.1 Å². The quantitative estimate of drug-likeness (QED) is 0.830. The van der Waals surface area contributed by atoms with Gasteiger partial charge in [0.05, 0.1) is 5.57 Å². The van der Waals surface area contributed by atoms with Crippen molar-refractivity contribution in [2.24, 2.45) is 0 Å². The van der Waals surface area contributed by atoms with Gasteiger partial charge in [-0.15, -0.1) is 0 Å². The summed E-state index contributed by atoms with van der Waals surface area (Å²) in [4.78, 5) is 40.0. The Morgan fingerprint density at radius 1 is 1.00 bits per heavy atom. The van der Waals surface area contributed by atoms with Gasteiger partial charge in [0, 0.05) is 31.9 Å². The third kappa shape index (κ3) is 3.46. The Balaban J connectivity index is 2.08. The van der Waals surface area contributed by atoms with E-state index in [1.807, 2.05) is 30.3 Å². The first-order valence-electron chi connectivity index (χ1n) is 8.71. The Hall–Kier alpha value is -3.41. The van der Waals surface area contributed by atoms with Crippen molar-refractivity contribution < 1.29 is 14.4 Å². The molecule has 3 rings (SSSR count). The summed E-state index contributed by atoms with van der Waals surface area (Å²) in [5.74, 6) is -0.793. The van der Waals surface area contributed by atoms with Crippen molar-refractivity contribution >= 4 is 34.7 Å². The Morgan fingerprint density at radius 3 is 2.19 bits per heavy atom. The van der Waals surface area contributed by atoms with Crippen molar-refractivity contribution in [2.75, 3.05) is 23.8 Å². The van der Waals surface area contributed by atoms with Crippen molar-refractivity contribution in [1.82, 2.24) is 4.90 Å². The zero-order valence-corrected chi connectivity index (χ0v) is 15.5. The van der Waals surface area contributed by atoms with Gasteiger partial charge < -0.3 is 10.2 Å². The number of rotatable bonds is 5. The fourth-order valence-electron chi connectivity index (χ4n) is 3.13. The van der Waals surface area contributed by atoms with E-state index in [9.17, 15) is 14.4 Å². The minimum Gasteiger partial charge on any atom is -0.339 e. The zero-order chi connectivity index (χ0) is 19.6. The molecule has 138 valence electrons. The third-order valence-corrected chi connectivity index (χ3v) is 4.43. The predicted molar refractivity (Wildman–Crippen MR) is 105 cm³/mol. The second-order valence-corrected chi connectivity index (χ2v) is 6.23. The van der Waals surface area contributed by atoms with E-state index < -0.39 is 0 Å². The lowest BCUT2D eigenvalue weighted by Crippen LogP contribution is -2.33. The van der Waals surface area contributed by atoms with Gasteiger partial charge in [-0.05, 0) is 36.8 Å². The van der Waals surface area contributed by atoms with Crippen LogP contribution in [0.5, 0.6) is 0 Å². The normalized spacial score (nSPS) is 14.0. The first-order chi connectivity index (χ1) is 12.9.